The van der Waals surface area contributed by atoms with E-state index >= 15 is 0 Å². The molecule has 0 saturated heterocycles. The molecule has 0 atom stereocenters. The van der Waals surface area contributed by atoms with E-state index in [1.807, 2.05) is 0 Å². The van der Waals surface area contributed by atoms with Crippen LogP contribution in [0.1, 0.15) is 23.2 Å². The third kappa shape index (κ3) is 1.64. The van der Waals surface area contributed by atoms with E-state index in [0.29, 0.717) is 6.04 Å². The van der Waals surface area contributed by atoms with Crippen LogP contribution in [0, 0.1) is 6.07 Å². The lowest BCUT2D eigenvalue weighted by Crippen LogP contribution is -2.25. The maximum absolute atomic E-state index is 11.4. The van der Waals surface area contributed by atoms with Crippen LogP contribution in [0.15, 0.2) is 24.3 Å². The van der Waals surface area contributed by atoms with Crippen LogP contribution in [0.4, 0.5) is 0 Å². The first-order valence-electron chi connectivity index (χ1n) is 4.13. The lowest BCUT2D eigenvalue weighted by Gasteiger charge is -2.01. The molecule has 12 heavy (non-hydrogen) atoms. The van der Waals surface area contributed by atoms with Crippen molar-refractivity contribution >= 4 is 5.91 Å². The van der Waals surface area contributed by atoms with Crippen molar-refractivity contribution in [2.45, 2.75) is 18.9 Å². The lowest BCUT2D eigenvalue weighted by molar-refractivity contribution is 0.0951. The van der Waals surface area contributed by atoms with Crippen molar-refractivity contribution < 1.29 is 4.79 Å². The minimum absolute atomic E-state index is 0.0338. The van der Waals surface area contributed by atoms with E-state index in [2.05, 4.69) is 11.4 Å². The maximum Gasteiger partial charge on any atom is 0.251 e. The predicted molar refractivity (Wildman–Crippen MR) is 45.8 cm³/mol. The summed E-state index contributed by atoms with van der Waals surface area (Å²) in [5.41, 5.74) is 0.723. The van der Waals surface area contributed by atoms with Gasteiger partial charge in [-0.25, -0.2) is 0 Å². The van der Waals surface area contributed by atoms with E-state index in [0.717, 1.165) is 18.4 Å². The van der Waals surface area contributed by atoms with Gasteiger partial charge >= 0.3 is 0 Å². The summed E-state index contributed by atoms with van der Waals surface area (Å²) in [6, 6.07) is 10.4. The molecule has 61 valence electrons. The SMILES string of the molecule is O=C(NC1CC1)c1cc[c]cc1. The lowest BCUT2D eigenvalue weighted by atomic mass is 10.2. The van der Waals surface area contributed by atoms with E-state index < -0.39 is 0 Å². The molecule has 2 heteroatoms. The van der Waals surface area contributed by atoms with Crippen LogP contribution in [0.5, 0.6) is 0 Å². The third-order valence-electron chi connectivity index (χ3n) is 1.89. The second kappa shape index (κ2) is 2.97. The number of benzene rings is 1. The van der Waals surface area contributed by atoms with E-state index in [1.54, 1.807) is 24.3 Å². The van der Waals surface area contributed by atoms with E-state index in [1.165, 1.54) is 0 Å². The zero-order valence-corrected chi connectivity index (χ0v) is 6.71. The van der Waals surface area contributed by atoms with Crippen LogP contribution in [0.2, 0.25) is 0 Å². The van der Waals surface area contributed by atoms with E-state index in [-0.39, 0.29) is 5.91 Å². The summed E-state index contributed by atoms with van der Waals surface area (Å²) < 4.78 is 0. The quantitative estimate of drug-likeness (QED) is 0.695. The van der Waals surface area contributed by atoms with Gasteiger partial charge in [-0.2, -0.15) is 0 Å². The van der Waals surface area contributed by atoms with Crippen LogP contribution in [0.25, 0.3) is 0 Å². The molecule has 0 aromatic heterocycles. The molecule has 1 radical (unpaired) electrons. The van der Waals surface area contributed by atoms with Crippen LogP contribution >= 0.6 is 0 Å². The number of rotatable bonds is 2. The highest BCUT2D eigenvalue weighted by Gasteiger charge is 2.23. The first kappa shape index (κ1) is 7.35. The van der Waals surface area contributed by atoms with E-state index in [9.17, 15) is 4.79 Å². The second-order valence-corrected chi connectivity index (χ2v) is 3.04. The number of hydrogen-bond donors (Lipinski definition) is 1. The second-order valence-electron chi connectivity index (χ2n) is 3.04. The van der Waals surface area contributed by atoms with Crippen LogP contribution in [0.3, 0.4) is 0 Å². The van der Waals surface area contributed by atoms with E-state index in [4.69, 9.17) is 0 Å². The Bertz CT molecular complexity index is 277. The molecule has 0 unspecified atom stereocenters. The molecule has 1 aromatic rings. The standard InChI is InChI=1S/C10H10NO/c12-10(11-9-6-7-9)8-4-2-1-3-5-8/h2-5,9H,6-7H2,(H,11,12). The fraction of sp³-hybridized carbons (Fsp3) is 0.300. The summed E-state index contributed by atoms with van der Waals surface area (Å²) in [5, 5.41) is 2.92. The molecule has 1 aliphatic rings. The highest BCUT2D eigenvalue weighted by atomic mass is 16.1. The van der Waals surface area contributed by atoms with Gasteiger partial charge in [-0.3, -0.25) is 4.79 Å². The molecular formula is C10H10NO. The van der Waals surface area contributed by atoms with Crippen LogP contribution in [-0.2, 0) is 0 Å². The summed E-state index contributed by atoms with van der Waals surface area (Å²) in [4.78, 5) is 11.4. The average molecular weight is 160 g/mol. The van der Waals surface area contributed by atoms with Crippen molar-refractivity contribution in [2.24, 2.45) is 0 Å². The largest absolute Gasteiger partial charge is 0.349 e. The van der Waals surface area contributed by atoms with Crippen molar-refractivity contribution in [3.05, 3.63) is 35.9 Å². The maximum atomic E-state index is 11.4. The molecule has 2 rings (SSSR count). The first-order valence-corrected chi connectivity index (χ1v) is 4.13. The Morgan fingerprint density at radius 2 is 2.08 bits per heavy atom. The smallest absolute Gasteiger partial charge is 0.251 e. The molecule has 2 nitrogen and oxygen atoms in total. The third-order valence-corrected chi connectivity index (χ3v) is 1.89. The Morgan fingerprint density at radius 1 is 1.42 bits per heavy atom. The van der Waals surface area contributed by atoms with Gasteiger partial charge in [0.1, 0.15) is 0 Å². The highest BCUT2D eigenvalue weighted by molar-refractivity contribution is 5.94. The van der Waals surface area contributed by atoms with Gasteiger partial charge in [0.05, 0.1) is 0 Å². The molecule has 1 saturated carbocycles. The fourth-order valence-corrected chi connectivity index (χ4v) is 1.03. The highest BCUT2D eigenvalue weighted by Crippen LogP contribution is 2.19. The van der Waals surface area contributed by atoms with Crippen molar-refractivity contribution in [3.8, 4) is 0 Å². The predicted octanol–water partition coefficient (Wildman–Crippen LogP) is 1.38. The average Bonchev–Trinajstić information content (AvgIpc) is 2.90. The monoisotopic (exact) mass is 160 g/mol. The van der Waals surface area contributed by atoms with Gasteiger partial charge in [0.2, 0.25) is 0 Å². The Labute approximate surface area is 71.6 Å². The van der Waals surface area contributed by atoms with Crippen LogP contribution in [-0.4, -0.2) is 11.9 Å². The van der Waals surface area contributed by atoms with Gasteiger partial charge in [0.25, 0.3) is 5.91 Å². The Balaban J connectivity index is 2.03. The summed E-state index contributed by atoms with van der Waals surface area (Å²) in [6.07, 6.45) is 2.26. The zero-order valence-electron chi connectivity index (χ0n) is 6.71. The van der Waals surface area contributed by atoms with Gasteiger partial charge in [-0.05, 0) is 31.0 Å². The molecule has 0 aliphatic heterocycles. The zero-order chi connectivity index (χ0) is 8.39. The number of carbonyl (C=O) groups is 1. The first-order chi connectivity index (χ1) is 5.86. The van der Waals surface area contributed by atoms with Gasteiger partial charge in [-0.1, -0.05) is 12.1 Å². The molecule has 0 spiro atoms. The van der Waals surface area contributed by atoms with Gasteiger partial charge in [0, 0.05) is 11.6 Å². The Hall–Kier alpha value is -1.31. The fourth-order valence-electron chi connectivity index (χ4n) is 1.03. The topological polar surface area (TPSA) is 29.1 Å². The van der Waals surface area contributed by atoms with Crippen molar-refractivity contribution in [3.63, 3.8) is 0 Å². The summed E-state index contributed by atoms with van der Waals surface area (Å²) in [6.45, 7) is 0. The summed E-state index contributed by atoms with van der Waals surface area (Å²) >= 11 is 0. The molecule has 1 aromatic carbocycles. The Kier molecular flexibility index (Phi) is 1.82. The number of carbonyl (C=O) groups excluding carboxylic acids is 1. The molecule has 0 bridgehead atoms. The molecule has 1 aliphatic carbocycles. The van der Waals surface area contributed by atoms with Gasteiger partial charge in [-0.15, -0.1) is 0 Å². The number of hydrogen-bond acceptors (Lipinski definition) is 1. The number of nitrogens with one attached hydrogen (secondary N) is 1. The molecule has 1 N–H and O–H groups in total. The number of amides is 1. The molecule has 1 fully saturated rings. The van der Waals surface area contributed by atoms with Crippen molar-refractivity contribution in [1.82, 2.24) is 5.32 Å². The molecule has 1 amide bonds. The summed E-state index contributed by atoms with van der Waals surface area (Å²) in [5.74, 6) is 0.0338. The minimum Gasteiger partial charge on any atom is -0.349 e. The summed E-state index contributed by atoms with van der Waals surface area (Å²) in [7, 11) is 0. The van der Waals surface area contributed by atoms with Crippen LogP contribution < -0.4 is 5.32 Å². The van der Waals surface area contributed by atoms with Crippen molar-refractivity contribution in [2.75, 3.05) is 0 Å². The normalized spacial score (nSPS) is 15.7. The molecule has 0 heterocycles. The minimum atomic E-state index is 0.0338. The van der Waals surface area contributed by atoms with Gasteiger partial charge < -0.3 is 5.32 Å². The molecular weight excluding hydrogens is 150 g/mol. The van der Waals surface area contributed by atoms with Gasteiger partial charge in [0.15, 0.2) is 0 Å². The van der Waals surface area contributed by atoms with Crippen molar-refractivity contribution in [1.29, 1.82) is 0 Å². The Morgan fingerprint density at radius 3 is 2.67 bits per heavy atom.